The summed E-state index contributed by atoms with van der Waals surface area (Å²) in [5, 5.41) is 0. The van der Waals surface area contributed by atoms with Crippen molar-refractivity contribution in [2.24, 2.45) is 0 Å². The first-order valence-corrected chi connectivity index (χ1v) is 4.87. The molecule has 1 amide bonds. The van der Waals surface area contributed by atoms with E-state index in [0.29, 0.717) is 13.0 Å². The highest BCUT2D eigenvalue weighted by molar-refractivity contribution is 5.79. The van der Waals surface area contributed by atoms with Crippen molar-refractivity contribution < 1.29 is 4.79 Å². The standard InChI is InChI=1S/C13H15NO/c1-4-9-14(3)13(15)10-12-8-6-5-7-11(12)2/h1,5-8H,9-10H2,2-3H3. The SMILES string of the molecule is C#CCN(C)C(=O)Cc1ccccc1C. The largest absolute Gasteiger partial charge is 0.334 e. The summed E-state index contributed by atoms with van der Waals surface area (Å²) in [7, 11) is 1.72. The molecule has 0 bridgehead atoms. The number of aryl methyl sites for hydroxylation is 1. The first kappa shape index (κ1) is 11.3. The van der Waals surface area contributed by atoms with Crippen molar-refractivity contribution in [3.8, 4) is 12.3 Å². The van der Waals surface area contributed by atoms with Crippen molar-refractivity contribution in [2.75, 3.05) is 13.6 Å². The molecule has 1 aromatic carbocycles. The molecule has 0 heterocycles. The molecule has 0 spiro atoms. The van der Waals surface area contributed by atoms with E-state index in [4.69, 9.17) is 6.42 Å². The number of carbonyl (C=O) groups excluding carboxylic acids is 1. The minimum atomic E-state index is 0.0576. The van der Waals surface area contributed by atoms with Gasteiger partial charge in [-0.2, -0.15) is 0 Å². The fourth-order valence-electron chi connectivity index (χ4n) is 1.33. The summed E-state index contributed by atoms with van der Waals surface area (Å²) in [6.07, 6.45) is 5.57. The quantitative estimate of drug-likeness (QED) is 0.681. The van der Waals surface area contributed by atoms with Gasteiger partial charge in [-0.3, -0.25) is 4.79 Å². The maximum Gasteiger partial charge on any atom is 0.227 e. The third-order valence-electron chi connectivity index (χ3n) is 2.36. The number of benzene rings is 1. The lowest BCUT2D eigenvalue weighted by molar-refractivity contribution is -0.128. The van der Waals surface area contributed by atoms with Crippen LogP contribution in [0.3, 0.4) is 0 Å². The number of amides is 1. The van der Waals surface area contributed by atoms with Gasteiger partial charge in [0.2, 0.25) is 5.91 Å². The predicted molar refractivity (Wildman–Crippen MR) is 61.4 cm³/mol. The molecule has 1 aromatic rings. The molecule has 78 valence electrons. The van der Waals surface area contributed by atoms with Gasteiger partial charge in [0.25, 0.3) is 0 Å². The molecule has 0 aliphatic heterocycles. The molecule has 1 rings (SSSR count). The molecule has 2 heteroatoms. The summed E-state index contributed by atoms with van der Waals surface area (Å²) in [5.74, 6) is 2.51. The number of hydrogen-bond acceptors (Lipinski definition) is 1. The van der Waals surface area contributed by atoms with Gasteiger partial charge < -0.3 is 4.90 Å². The first-order chi connectivity index (χ1) is 7.15. The number of hydrogen-bond donors (Lipinski definition) is 0. The second-order valence-electron chi connectivity index (χ2n) is 3.56. The Morgan fingerprint density at radius 3 is 2.73 bits per heavy atom. The summed E-state index contributed by atoms with van der Waals surface area (Å²) in [4.78, 5) is 13.2. The van der Waals surface area contributed by atoms with Crippen LogP contribution >= 0.6 is 0 Å². The lowest BCUT2D eigenvalue weighted by Crippen LogP contribution is -2.28. The smallest absolute Gasteiger partial charge is 0.227 e. The van der Waals surface area contributed by atoms with Gasteiger partial charge in [0, 0.05) is 7.05 Å². The van der Waals surface area contributed by atoms with Crippen molar-refractivity contribution in [3.63, 3.8) is 0 Å². The van der Waals surface area contributed by atoms with Crippen LogP contribution in [0.5, 0.6) is 0 Å². The fraction of sp³-hybridized carbons (Fsp3) is 0.308. The summed E-state index contributed by atoms with van der Waals surface area (Å²) in [6.45, 7) is 2.37. The molecule has 0 fully saturated rings. The van der Waals surface area contributed by atoms with E-state index in [1.165, 1.54) is 0 Å². The second kappa shape index (κ2) is 5.21. The van der Waals surface area contributed by atoms with Gasteiger partial charge in [0.05, 0.1) is 13.0 Å². The number of rotatable bonds is 3. The van der Waals surface area contributed by atoms with Crippen LogP contribution in [0.15, 0.2) is 24.3 Å². The highest BCUT2D eigenvalue weighted by atomic mass is 16.2. The molecule has 0 saturated carbocycles. The van der Waals surface area contributed by atoms with Crippen molar-refractivity contribution in [1.82, 2.24) is 4.90 Å². The predicted octanol–water partition coefficient (Wildman–Crippen LogP) is 1.63. The minimum Gasteiger partial charge on any atom is -0.334 e. The second-order valence-corrected chi connectivity index (χ2v) is 3.56. The van der Waals surface area contributed by atoms with Crippen molar-refractivity contribution in [3.05, 3.63) is 35.4 Å². The van der Waals surface area contributed by atoms with Gasteiger partial charge in [-0.1, -0.05) is 30.2 Å². The molecule has 0 N–H and O–H groups in total. The lowest BCUT2D eigenvalue weighted by Gasteiger charge is -2.14. The molecule has 0 aliphatic rings. The Hall–Kier alpha value is -1.75. The minimum absolute atomic E-state index is 0.0576. The maximum absolute atomic E-state index is 11.7. The van der Waals surface area contributed by atoms with Crippen LogP contribution in [0.2, 0.25) is 0 Å². The van der Waals surface area contributed by atoms with Crippen LogP contribution in [-0.4, -0.2) is 24.4 Å². The van der Waals surface area contributed by atoms with Gasteiger partial charge >= 0.3 is 0 Å². The Bertz CT molecular complexity index is 390. The van der Waals surface area contributed by atoms with Crippen molar-refractivity contribution >= 4 is 5.91 Å². The molecule has 2 nitrogen and oxygen atoms in total. The monoisotopic (exact) mass is 201 g/mol. The Balaban J connectivity index is 2.67. The van der Waals surface area contributed by atoms with Crippen molar-refractivity contribution in [1.29, 1.82) is 0 Å². The molecule has 0 aliphatic carbocycles. The first-order valence-electron chi connectivity index (χ1n) is 4.87. The van der Waals surface area contributed by atoms with E-state index in [1.807, 2.05) is 31.2 Å². The third kappa shape index (κ3) is 3.14. The van der Waals surface area contributed by atoms with E-state index in [-0.39, 0.29) is 5.91 Å². The van der Waals surface area contributed by atoms with E-state index in [1.54, 1.807) is 11.9 Å². The van der Waals surface area contributed by atoms with Gasteiger partial charge in [0.15, 0.2) is 0 Å². The molecule has 0 saturated heterocycles. The van der Waals surface area contributed by atoms with Crippen LogP contribution in [0.1, 0.15) is 11.1 Å². The Kier molecular flexibility index (Phi) is 3.93. The maximum atomic E-state index is 11.7. The molecule has 0 radical (unpaired) electrons. The van der Waals surface area contributed by atoms with Gasteiger partial charge in [-0.15, -0.1) is 6.42 Å². The number of likely N-dealkylation sites (N-methyl/N-ethyl adjacent to an activating group) is 1. The van der Waals surface area contributed by atoms with Crippen molar-refractivity contribution in [2.45, 2.75) is 13.3 Å². The lowest BCUT2D eigenvalue weighted by atomic mass is 10.1. The Morgan fingerprint density at radius 2 is 2.13 bits per heavy atom. The number of nitrogens with zero attached hydrogens (tertiary/aromatic N) is 1. The number of terminal acetylenes is 1. The van der Waals surface area contributed by atoms with E-state index in [9.17, 15) is 4.79 Å². The highest BCUT2D eigenvalue weighted by Gasteiger charge is 2.09. The van der Waals surface area contributed by atoms with Crippen LogP contribution in [0.25, 0.3) is 0 Å². The average Bonchev–Trinajstić information content (AvgIpc) is 2.21. The average molecular weight is 201 g/mol. The zero-order valence-corrected chi connectivity index (χ0v) is 9.16. The van der Waals surface area contributed by atoms with Gasteiger partial charge in [-0.05, 0) is 18.1 Å². The van der Waals surface area contributed by atoms with Crippen LogP contribution in [0, 0.1) is 19.3 Å². The molecular formula is C13H15NO. The molecule has 0 aromatic heterocycles. The topological polar surface area (TPSA) is 20.3 Å². The zero-order chi connectivity index (χ0) is 11.3. The van der Waals surface area contributed by atoms with E-state index in [0.717, 1.165) is 11.1 Å². The van der Waals surface area contributed by atoms with Gasteiger partial charge in [-0.25, -0.2) is 0 Å². The molecular weight excluding hydrogens is 186 g/mol. The molecule has 15 heavy (non-hydrogen) atoms. The summed E-state index contributed by atoms with van der Waals surface area (Å²) in [5.41, 5.74) is 2.20. The molecule has 0 atom stereocenters. The third-order valence-corrected chi connectivity index (χ3v) is 2.36. The Morgan fingerprint density at radius 1 is 1.47 bits per heavy atom. The Labute approximate surface area is 90.9 Å². The zero-order valence-electron chi connectivity index (χ0n) is 9.16. The highest BCUT2D eigenvalue weighted by Crippen LogP contribution is 2.08. The number of carbonyl (C=O) groups is 1. The van der Waals surface area contributed by atoms with Crippen LogP contribution in [0.4, 0.5) is 0 Å². The summed E-state index contributed by atoms with van der Waals surface area (Å²) in [6, 6.07) is 7.88. The summed E-state index contributed by atoms with van der Waals surface area (Å²) >= 11 is 0. The normalized spacial score (nSPS) is 9.40. The van der Waals surface area contributed by atoms with Gasteiger partial charge in [0.1, 0.15) is 0 Å². The van der Waals surface area contributed by atoms with E-state index < -0.39 is 0 Å². The van der Waals surface area contributed by atoms with E-state index in [2.05, 4.69) is 5.92 Å². The van der Waals surface area contributed by atoms with Crippen LogP contribution < -0.4 is 0 Å². The van der Waals surface area contributed by atoms with Crippen LogP contribution in [-0.2, 0) is 11.2 Å². The fourth-order valence-corrected chi connectivity index (χ4v) is 1.33. The molecule has 0 unspecified atom stereocenters. The summed E-state index contributed by atoms with van der Waals surface area (Å²) < 4.78 is 0. The van der Waals surface area contributed by atoms with E-state index >= 15 is 0 Å².